The first-order chi connectivity index (χ1) is 6.02. The molecule has 13 heavy (non-hydrogen) atoms. The van der Waals surface area contributed by atoms with Crippen LogP contribution in [0.4, 0.5) is 0 Å². The zero-order chi connectivity index (χ0) is 10.0. The zero-order valence-corrected chi connectivity index (χ0v) is 8.62. The van der Waals surface area contributed by atoms with Gasteiger partial charge in [0.05, 0.1) is 6.42 Å². The smallest absolute Gasteiger partial charge is 0.221 e. The van der Waals surface area contributed by atoms with E-state index < -0.39 is 5.91 Å². The van der Waals surface area contributed by atoms with Crippen molar-refractivity contribution in [2.45, 2.75) is 13.3 Å². The maximum absolute atomic E-state index is 10.7. The van der Waals surface area contributed by atoms with Crippen LogP contribution in [-0.4, -0.2) is 5.91 Å². The van der Waals surface area contributed by atoms with Gasteiger partial charge in [-0.15, -0.1) is 0 Å². The first-order valence-corrected chi connectivity index (χ1v) is 4.49. The molecular formula is C9H9Cl2NO. The van der Waals surface area contributed by atoms with Crippen molar-refractivity contribution in [1.82, 2.24) is 0 Å². The second-order valence-corrected chi connectivity index (χ2v) is 3.59. The molecule has 0 aromatic heterocycles. The van der Waals surface area contributed by atoms with E-state index in [2.05, 4.69) is 0 Å². The summed E-state index contributed by atoms with van der Waals surface area (Å²) in [6.45, 7) is 1.85. The predicted octanol–water partition coefficient (Wildman–Crippen LogP) is 2.33. The Labute approximate surface area is 86.6 Å². The van der Waals surface area contributed by atoms with Crippen LogP contribution in [-0.2, 0) is 11.2 Å². The number of carbonyl (C=O) groups is 1. The van der Waals surface area contributed by atoms with Gasteiger partial charge in [0.25, 0.3) is 0 Å². The molecule has 1 rings (SSSR count). The second kappa shape index (κ2) is 3.99. The van der Waals surface area contributed by atoms with Crippen molar-refractivity contribution < 1.29 is 4.79 Å². The molecule has 0 atom stereocenters. The number of carbonyl (C=O) groups excluding carboxylic acids is 1. The lowest BCUT2D eigenvalue weighted by Crippen LogP contribution is -2.14. The first-order valence-electron chi connectivity index (χ1n) is 3.74. The molecule has 0 aliphatic carbocycles. The van der Waals surface area contributed by atoms with Gasteiger partial charge in [0, 0.05) is 10.0 Å². The lowest BCUT2D eigenvalue weighted by molar-refractivity contribution is -0.117. The van der Waals surface area contributed by atoms with E-state index in [4.69, 9.17) is 28.9 Å². The molecule has 70 valence electrons. The first kappa shape index (κ1) is 10.4. The molecule has 0 saturated heterocycles. The van der Waals surface area contributed by atoms with Crippen LogP contribution < -0.4 is 5.73 Å². The van der Waals surface area contributed by atoms with Gasteiger partial charge in [0.2, 0.25) is 5.91 Å². The highest BCUT2D eigenvalue weighted by atomic mass is 35.5. The standard InChI is InChI=1S/C9H9Cl2NO/c1-5-2-3-7(10)6(9(5)11)4-8(12)13/h2-3H,4H2,1H3,(H2,12,13). The van der Waals surface area contributed by atoms with Crippen molar-refractivity contribution in [2.75, 3.05) is 0 Å². The van der Waals surface area contributed by atoms with E-state index in [-0.39, 0.29) is 6.42 Å². The molecule has 0 spiro atoms. The average Bonchev–Trinajstić information content (AvgIpc) is 2.05. The number of nitrogens with two attached hydrogens (primary N) is 1. The van der Waals surface area contributed by atoms with Crippen molar-refractivity contribution in [3.05, 3.63) is 33.3 Å². The molecule has 0 bridgehead atoms. The summed E-state index contributed by atoms with van der Waals surface area (Å²) in [5, 5.41) is 1.00. The lowest BCUT2D eigenvalue weighted by Gasteiger charge is -2.06. The Morgan fingerprint density at radius 2 is 2.08 bits per heavy atom. The van der Waals surface area contributed by atoms with Gasteiger partial charge in [-0.2, -0.15) is 0 Å². The molecule has 0 saturated carbocycles. The van der Waals surface area contributed by atoms with Crippen LogP contribution in [0, 0.1) is 6.92 Å². The predicted molar refractivity (Wildman–Crippen MR) is 54.1 cm³/mol. The number of aryl methyl sites for hydroxylation is 1. The van der Waals surface area contributed by atoms with Crippen LogP contribution in [0.5, 0.6) is 0 Å². The fourth-order valence-electron chi connectivity index (χ4n) is 1.05. The SMILES string of the molecule is Cc1ccc(Cl)c(CC(N)=O)c1Cl. The Balaban J connectivity index is 3.17. The van der Waals surface area contributed by atoms with Gasteiger partial charge in [-0.05, 0) is 24.1 Å². The summed E-state index contributed by atoms with van der Waals surface area (Å²) >= 11 is 11.8. The highest BCUT2D eigenvalue weighted by Crippen LogP contribution is 2.27. The third-order valence-corrected chi connectivity index (χ3v) is 2.61. The average molecular weight is 218 g/mol. The largest absolute Gasteiger partial charge is 0.369 e. The fourth-order valence-corrected chi connectivity index (χ4v) is 1.56. The molecule has 2 N–H and O–H groups in total. The Morgan fingerprint density at radius 3 is 2.62 bits per heavy atom. The Hall–Kier alpha value is -0.730. The molecule has 0 radical (unpaired) electrons. The molecule has 1 amide bonds. The van der Waals surface area contributed by atoms with E-state index in [1.807, 2.05) is 6.92 Å². The van der Waals surface area contributed by atoms with Crippen LogP contribution in [0.3, 0.4) is 0 Å². The second-order valence-electron chi connectivity index (χ2n) is 2.80. The highest BCUT2D eigenvalue weighted by molar-refractivity contribution is 6.36. The van der Waals surface area contributed by atoms with E-state index in [9.17, 15) is 4.79 Å². The monoisotopic (exact) mass is 217 g/mol. The number of rotatable bonds is 2. The van der Waals surface area contributed by atoms with Crippen LogP contribution in [0.25, 0.3) is 0 Å². The molecule has 0 fully saturated rings. The minimum atomic E-state index is -0.436. The fraction of sp³-hybridized carbons (Fsp3) is 0.222. The maximum atomic E-state index is 10.7. The number of primary amides is 1. The van der Waals surface area contributed by atoms with Gasteiger partial charge >= 0.3 is 0 Å². The minimum Gasteiger partial charge on any atom is -0.369 e. The maximum Gasteiger partial charge on any atom is 0.221 e. The Kier molecular flexibility index (Phi) is 3.17. The molecule has 0 unspecified atom stereocenters. The van der Waals surface area contributed by atoms with Crippen LogP contribution in [0.2, 0.25) is 10.0 Å². The van der Waals surface area contributed by atoms with Crippen LogP contribution >= 0.6 is 23.2 Å². The van der Waals surface area contributed by atoms with E-state index >= 15 is 0 Å². The summed E-state index contributed by atoms with van der Waals surface area (Å²) in [6, 6.07) is 3.51. The van der Waals surface area contributed by atoms with E-state index in [0.717, 1.165) is 5.56 Å². The van der Waals surface area contributed by atoms with Crippen molar-refractivity contribution in [3.63, 3.8) is 0 Å². The Morgan fingerprint density at radius 1 is 1.46 bits per heavy atom. The molecule has 0 heterocycles. The zero-order valence-electron chi connectivity index (χ0n) is 7.10. The lowest BCUT2D eigenvalue weighted by atomic mass is 10.1. The number of amides is 1. The summed E-state index contributed by atoms with van der Waals surface area (Å²) in [7, 11) is 0. The van der Waals surface area contributed by atoms with E-state index in [1.54, 1.807) is 12.1 Å². The Bertz CT molecular complexity index is 350. The van der Waals surface area contributed by atoms with E-state index in [0.29, 0.717) is 15.6 Å². The number of hydrogen-bond donors (Lipinski definition) is 1. The topological polar surface area (TPSA) is 43.1 Å². The summed E-state index contributed by atoms with van der Waals surface area (Å²) in [5.74, 6) is -0.436. The van der Waals surface area contributed by atoms with E-state index in [1.165, 1.54) is 0 Å². The molecule has 0 aliphatic rings. The summed E-state index contributed by atoms with van der Waals surface area (Å²) in [4.78, 5) is 10.7. The third-order valence-electron chi connectivity index (χ3n) is 1.73. The summed E-state index contributed by atoms with van der Waals surface area (Å²) in [5.41, 5.74) is 6.55. The van der Waals surface area contributed by atoms with Crippen LogP contribution in [0.1, 0.15) is 11.1 Å². The van der Waals surface area contributed by atoms with Gasteiger partial charge in [-0.3, -0.25) is 4.79 Å². The summed E-state index contributed by atoms with van der Waals surface area (Å²) < 4.78 is 0. The molecule has 2 nitrogen and oxygen atoms in total. The molecule has 1 aromatic carbocycles. The van der Waals surface area contributed by atoms with Crippen molar-refractivity contribution in [3.8, 4) is 0 Å². The normalized spacial score (nSPS) is 10.1. The van der Waals surface area contributed by atoms with Gasteiger partial charge in [-0.25, -0.2) is 0 Å². The summed E-state index contributed by atoms with van der Waals surface area (Å²) in [6.07, 6.45) is 0.0827. The minimum absolute atomic E-state index is 0.0827. The van der Waals surface area contributed by atoms with Crippen LogP contribution in [0.15, 0.2) is 12.1 Å². The van der Waals surface area contributed by atoms with Crippen molar-refractivity contribution in [1.29, 1.82) is 0 Å². The number of hydrogen-bond acceptors (Lipinski definition) is 1. The van der Waals surface area contributed by atoms with Gasteiger partial charge in [0.1, 0.15) is 0 Å². The molecule has 4 heteroatoms. The molecular weight excluding hydrogens is 209 g/mol. The number of benzene rings is 1. The highest BCUT2D eigenvalue weighted by Gasteiger charge is 2.10. The van der Waals surface area contributed by atoms with Gasteiger partial charge in [0.15, 0.2) is 0 Å². The molecule has 1 aromatic rings. The quantitative estimate of drug-likeness (QED) is 0.813. The molecule has 0 aliphatic heterocycles. The van der Waals surface area contributed by atoms with Crippen molar-refractivity contribution >= 4 is 29.1 Å². The number of halogens is 2. The third kappa shape index (κ3) is 2.36. The van der Waals surface area contributed by atoms with Gasteiger partial charge in [-0.1, -0.05) is 29.3 Å². The van der Waals surface area contributed by atoms with Gasteiger partial charge < -0.3 is 5.73 Å². The van der Waals surface area contributed by atoms with Crippen molar-refractivity contribution in [2.24, 2.45) is 5.73 Å².